The van der Waals surface area contributed by atoms with Crippen molar-refractivity contribution in [3.8, 4) is 0 Å². The number of para-hydroxylation sites is 1. The van der Waals surface area contributed by atoms with Crippen LogP contribution in [0.25, 0.3) is 0 Å². The molecule has 1 aromatic rings. The van der Waals surface area contributed by atoms with Crippen molar-refractivity contribution in [1.82, 2.24) is 5.32 Å². The number of nitrogens with zero attached hydrogens (tertiary/aromatic N) is 1. The highest BCUT2D eigenvalue weighted by Crippen LogP contribution is 2.31. The van der Waals surface area contributed by atoms with Crippen LogP contribution in [0.15, 0.2) is 24.3 Å². The number of rotatable bonds is 5. The van der Waals surface area contributed by atoms with E-state index in [1.165, 1.54) is 43.4 Å². The van der Waals surface area contributed by atoms with E-state index in [4.69, 9.17) is 0 Å². The Morgan fingerprint density at radius 3 is 2.58 bits per heavy atom. The average molecular weight is 260 g/mol. The standard InChI is InChI=1S/C17H28N2/c1-4-18-14(2)16-12-8-9-13-17(16)19(3)15-10-6-5-7-11-15/h8-9,12-15,18H,4-7,10-11H2,1-3H3. The zero-order valence-electron chi connectivity index (χ0n) is 12.7. The molecule has 1 aliphatic rings. The van der Waals surface area contributed by atoms with E-state index in [2.05, 4.69) is 55.4 Å². The van der Waals surface area contributed by atoms with Crippen LogP contribution in [0.4, 0.5) is 5.69 Å². The van der Waals surface area contributed by atoms with E-state index in [0.717, 1.165) is 12.6 Å². The molecule has 0 radical (unpaired) electrons. The number of nitrogens with one attached hydrogen (secondary N) is 1. The minimum absolute atomic E-state index is 0.423. The molecule has 2 rings (SSSR count). The second-order valence-corrected chi connectivity index (χ2v) is 5.74. The first-order valence-corrected chi connectivity index (χ1v) is 7.79. The molecule has 0 spiro atoms. The Balaban J connectivity index is 2.17. The van der Waals surface area contributed by atoms with Crippen LogP contribution in [-0.4, -0.2) is 19.6 Å². The highest BCUT2D eigenvalue weighted by Gasteiger charge is 2.21. The Hall–Kier alpha value is -1.02. The molecule has 2 nitrogen and oxygen atoms in total. The predicted octanol–water partition coefficient (Wildman–Crippen LogP) is 4.13. The van der Waals surface area contributed by atoms with E-state index in [9.17, 15) is 0 Å². The van der Waals surface area contributed by atoms with Gasteiger partial charge in [0.1, 0.15) is 0 Å². The molecule has 1 N–H and O–H groups in total. The lowest BCUT2D eigenvalue weighted by Gasteiger charge is -2.35. The van der Waals surface area contributed by atoms with Crippen molar-refractivity contribution in [2.24, 2.45) is 0 Å². The van der Waals surface area contributed by atoms with Crippen LogP contribution in [0.3, 0.4) is 0 Å². The maximum Gasteiger partial charge on any atom is 0.0414 e. The Morgan fingerprint density at radius 2 is 1.89 bits per heavy atom. The molecule has 19 heavy (non-hydrogen) atoms. The monoisotopic (exact) mass is 260 g/mol. The first-order valence-electron chi connectivity index (χ1n) is 7.79. The Bertz CT molecular complexity index is 383. The van der Waals surface area contributed by atoms with Gasteiger partial charge in [-0.15, -0.1) is 0 Å². The summed E-state index contributed by atoms with van der Waals surface area (Å²) in [6.45, 7) is 5.45. The molecule has 2 heteroatoms. The van der Waals surface area contributed by atoms with Crippen LogP contribution < -0.4 is 10.2 Å². The van der Waals surface area contributed by atoms with E-state index in [1.54, 1.807) is 0 Å². The van der Waals surface area contributed by atoms with Gasteiger partial charge in [-0.25, -0.2) is 0 Å². The fraction of sp³-hybridized carbons (Fsp3) is 0.647. The van der Waals surface area contributed by atoms with Gasteiger partial charge in [0.05, 0.1) is 0 Å². The molecular formula is C17H28N2. The van der Waals surface area contributed by atoms with Crippen LogP contribution in [0.2, 0.25) is 0 Å². The third-order valence-electron chi connectivity index (χ3n) is 4.42. The fourth-order valence-corrected chi connectivity index (χ4v) is 3.26. The van der Waals surface area contributed by atoms with Gasteiger partial charge in [-0.2, -0.15) is 0 Å². The van der Waals surface area contributed by atoms with E-state index in [-0.39, 0.29) is 0 Å². The van der Waals surface area contributed by atoms with Crippen molar-refractivity contribution in [1.29, 1.82) is 0 Å². The van der Waals surface area contributed by atoms with Gasteiger partial charge in [0.15, 0.2) is 0 Å². The maximum absolute atomic E-state index is 3.53. The van der Waals surface area contributed by atoms with Gasteiger partial charge >= 0.3 is 0 Å². The summed E-state index contributed by atoms with van der Waals surface area (Å²) in [6, 6.07) is 10.0. The second kappa shape index (κ2) is 6.95. The zero-order valence-corrected chi connectivity index (χ0v) is 12.7. The third-order valence-corrected chi connectivity index (χ3v) is 4.42. The van der Waals surface area contributed by atoms with Gasteiger partial charge in [-0.1, -0.05) is 44.4 Å². The summed E-state index contributed by atoms with van der Waals surface area (Å²) in [7, 11) is 2.27. The van der Waals surface area contributed by atoms with E-state index in [0.29, 0.717) is 6.04 Å². The molecule has 1 unspecified atom stereocenters. The van der Waals surface area contributed by atoms with Crippen molar-refractivity contribution in [2.45, 2.75) is 58.0 Å². The summed E-state index contributed by atoms with van der Waals surface area (Å²) in [5.74, 6) is 0. The van der Waals surface area contributed by atoms with Crippen LogP contribution in [0.5, 0.6) is 0 Å². The Labute approximate surface area is 118 Å². The van der Waals surface area contributed by atoms with Crippen LogP contribution in [0, 0.1) is 0 Å². The lowest BCUT2D eigenvalue weighted by Crippen LogP contribution is -2.34. The summed E-state index contributed by atoms with van der Waals surface area (Å²) in [5, 5.41) is 3.53. The number of hydrogen-bond donors (Lipinski definition) is 1. The number of hydrogen-bond acceptors (Lipinski definition) is 2. The van der Waals surface area contributed by atoms with Crippen LogP contribution in [0.1, 0.15) is 57.6 Å². The van der Waals surface area contributed by atoms with Gasteiger partial charge in [0.25, 0.3) is 0 Å². The van der Waals surface area contributed by atoms with E-state index >= 15 is 0 Å². The maximum atomic E-state index is 3.53. The average Bonchev–Trinajstić information content (AvgIpc) is 2.47. The van der Waals surface area contributed by atoms with Gasteiger partial charge in [0, 0.05) is 24.8 Å². The molecule has 0 aliphatic heterocycles. The summed E-state index contributed by atoms with van der Waals surface area (Å²) >= 11 is 0. The molecule has 1 fully saturated rings. The van der Waals surface area contributed by atoms with Gasteiger partial charge in [-0.3, -0.25) is 0 Å². The normalized spacial score (nSPS) is 18.3. The quantitative estimate of drug-likeness (QED) is 0.856. The fourth-order valence-electron chi connectivity index (χ4n) is 3.26. The molecule has 0 saturated heterocycles. The van der Waals surface area contributed by atoms with E-state index < -0.39 is 0 Å². The molecule has 0 bridgehead atoms. The summed E-state index contributed by atoms with van der Waals surface area (Å²) in [6.07, 6.45) is 6.89. The second-order valence-electron chi connectivity index (χ2n) is 5.74. The van der Waals surface area contributed by atoms with Crippen molar-refractivity contribution in [3.05, 3.63) is 29.8 Å². The molecular weight excluding hydrogens is 232 g/mol. The molecule has 1 saturated carbocycles. The lowest BCUT2D eigenvalue weighted by atomic mass is 9.93. The minimum Gasteiger partial charge on any atom is -0.371 e. The molecule has 0 heterocycles. The van der Waals surface area contributed by atoms with Crippen molar-refractivity contribution < 1.29 is 0 Å². The molecule has 1 aliphatic carbocycles. The van der Waals surface area contributed by atoms with E-state index in [1.807, 2.05) is 0 Å². The minimum atomic E-state index is 0.423. The Morgan fingerprint density at radius 1 is 1.21 bits per heavy atom. The predicted molar refractivity (Wildman–Crippen MR) is 83.8 cm³/mol. The lowest BCUT2D eigenvalue weighted by molar-refractivity contribution is 0.426. The summed E-state index contributed by atoms with van der Waals surface area (Å²) < 4.78 is 0. The SMILES string of the molecule is CCNC(C)c1ccccc1N(C)C1CCCCC1. The third kappa shape index (κ3) is 3.50. The molecule has 1 atom stereocenters. The van der Waals surface area contributed by atoms with Gasteiger partial charge < -0.3 is 10.2 Å². The molecule has 106 valence electrons. The highest BCUT2D eigenvalue weighted by molar-refractivity contribution is 5.55. The molecule has 0 amide bonds. The van der Waals surface area contributed by atoms with Crippen molar-refractivity contribution in [3.63, 3.8) is 0 Å². The smallest absolute Gasteiger partial charge is 0.0414 e. The Kier molecular flexibility index (Phi) is 5.26. The molecule has 1 aromatic carbocycles. The van der Waals surface area contributed by atoms with Crippen molar-refractivity contribution >= 4 is 5.69 Å². The highest BCUT2D eigenvalue weighted by atomic mass is 15.1. The van der Waals surface area contributed by atoms with Gasteiger partial charge in [-0.05, 0) is 37.9 Å². The number of anilines is 1. The number of benzene rings is 1. The van der Waals surface area contributed by atoms with Crippen LogP contribution in [-0.2, 0) is 0 Å². The van der Waals surface area contributed by atoms with Crippen molar-refractivity contribution in [2.75, 3.05) is 18.5 Å². The topological polar surface area (TPSA) is 15.3 Å². The molecule has 0 aromatic heterocycles. The zero-order chi connectivity index (χ0) is 13.7. The first kappa shape index (κ1) is 14.4. The van der Waals surface area contributed by atoms with Gasteiger partial charge in [0.2, 0.25) is 0 Å². The summed E-state index contributed by atoms with van der Waals surface area (Å²) in [4.78, 5) is 2.52. The largest absolute Gasteiger partial charge is 0.371 e. The van der Waals surface area contributed by atoms with Crippen LogP contribution >= 0.6 is 0 Å². The summed E-state index contributed by atoms with van der Waals surface area (Å²) in [5.41, 5.74) is 2.83. The first-order chi connectivity index (χ1) is 9.24.